The molecule has 5 heteroatoms. The number of hydrogen-bond acceptors (Lipinski definition) is 4. The first-order valence-electron chi connectivity index (χ1n) is 6.80. The molecule has 0 aliphatic carbocycles. The number of fused-ring (bicyclic) bond motifs is 1. The van der Waals surface area contributed by atoms with Crippen molar-refractivity contribution in [3.63, 3.8) is 0 Å². The maximum Gasteiger partial charge on any atom is 0.122 e. The minimum atomic E-state index is 0.106. The van der Waals surface area contributed by atoms with Gasteiger partial charge in [-0.1, -0.05) is 0 Å². The lowest BCUT2D eigenvalue weighted by Gasteiger charge is -2.48. The zero-order valence-corrected chi connectivity index (χ0v) is 11.0. The van der Waals surface area contributed by atoms with Crippen molar-refractivity contribution in [2.75, 3.05) is 19.7 Å². The Kier molecular flexibility index (Phi) is 3.13. The Balaban J connectivity index is 1.81. The van der Waals surface area contributed by atoms with Gasteiger partial charge in [-0.05, 0) is 19.8 Å². The van der Waals surface area contributed by atoms with Gasteiger partial charge < -0.3 is 15.0 Å². The molecule has 3 rings (SSSR count). The van der Waals surface area contributed by atoms with Gasteiger partial charge in [-0.25, -0.2) is 4.98 Å². The third-order valence-corrected chi connectivity index (χ3v) is 4.43. The highest BCUT2D eigenvalue weighted by atomic mass is 16.5. The monoisotopic (exact) mass is 250 g/mol. The summed E-state index contributed by atoms with van der Waals surface area (Å²) in [6.07, 6.45) is 6.33. The van der Waals surface area contributed by atoms with Gasteiger partial charge in [0.15, 0.2) is 0 Å². The number of rotatable bonds is 2. The van der Waals surface area contributed by atoms with E-state index >= 15 is 0 Å². The van der Waals surface area contributed by atoms with E-state index in [9.17, 15) is 0 Å². The third kappa shape index (κ3) is 1.96. The molecule has 2 unspecified atom stereocenters. The van der Waals surface area contributed by atoms with Crippen LogP contribution in [0.5, 0.6) is 0 Å². The van der Waals surface area contributed by atoms with E-state index < -0.39 is 0 Å². The van der Waals surface area contributed by atoms with Gasteiger partial charge in [-0.3, -0.25) is 4.90 Å². The van der Waals surface area contributed by atoms with E-state index in [-0.39, 0.29) is 5.54 Å². The molecule has 1 saturated heterocycles. The summed E-state index contributed by atoms with van der Waals surface area (Å²) in [6.45, 7) is 6.68. The van der Waals surface area contributed by atoms with Crippen LogP contribution in [0.2, 0.25) is 0 Å². The summed E-state index contributed by atoms with van der Waals surface area (Å²) in [5.74, 6) is 1.16. The molecule has 0 bridgehead atoms. The minimum Gasteiger partial charge on any atom is -0.378 e. The Morgan fingerprint density at radius 2 is 2.44 bits per heavy atom. The van der Waals surface area contributed by atoms with Crippen molar-refractivity contribution in [1.29, 1.82) is 0 Å². The van der Waals surface area contributed by atoms with E-state index in [2.05, 4.69) is 27.6 Å². The molecule has 3 heterocycles. The second-order valence-electron chi connectivity index (χ2n) is 5.52. The van der Waals surface area contributed by atoms with Gasteiger partial charge in [0.2, 0.25) is 0 Å². The van der Waals surface area contributed by atoms with Gasteiger partial charge in [-0.15, -0.1) is 0 Å². The summed E-state index contributed by atoms with van der Waals surface area (Å²) < 4.78 is 7.92. The zero-order valence-electron chi connectivity index (χ0n) is 11.0. The summed E-state index contributed by atoms with van der Waals surface area (Å²) >= 11 is 0. The van der Waals surface area contributed by atoms with E-state index in [0.29, 0.717) is 12.6 Å². The molecule has 2 N–H and O–H groups in total. The Morgan fingerprint density at radius 3 is 3.22 bits per heavy atom. The van der Waals surface area contributed by atoms with Gasteiger partial charge in [0.1, 0.15) is 5.82 Å². The Morgan fingerprint density at radius 1 is 1.56 bits per heavy atom. The fraction of sp³-hybridized carbons (Fsp3) is 0.769. The molecule has 1 aromatic rings. The van der Waals surface area contributed by atoms with Crippen LogP contribution in [-0.2, 0) is 17.8 Å². The van der Waals surface area contributed by atoms with Gasteiger partial charge >= 0.3 is 0 Å². The molecule has 1 aromatic heterocycles. The van der Waals surface area contributed by atoms with Crippen LogP contribution < -0.4 is 5.73 Å². The normalized spacial score (nSPS) is 33.3. The molecule has 0 aromatic carbocycles. The summed E-state index contributed by atoms with van der Waals surface area (Å²) in [5, 5.41) is 0. The highest BCUT2D eigenvalue weighted by molar-refractivity contribution is 5.02. The largest absolute Gasteiger partial charge is 0.378 e. The van der Waals surface area contributed by atoms with Crippen LogP contribution >= 0.6 is 0 Å². The van der Waals surface area contributed by atoms with Crippen molar-refractivity contribution < 1.29 is 4.74 Å². The fourth-order valence-corrected chi connectivity index (χ4v) is 3.33. The number of aromatic nitrogens is 2. The van der Waals surface area contributed by atoms with E-state index in [1.807, 2.05) is 6.20 Å². The van der Waals surface area contributed by atoms with Crippen LogP contribution in [0.15, 0.2) is 12.4 Å². The van der Waals surface area contributed by atoms with Crippen LogP contribution in [0.25, 0.3) is 0 Å². The molecule has 2 atom stereocenters. The average Bonchev–Trinajstić information content (AvgIpc) is 2.85. The van der Waals surface area contributed by atoms with Gasteiger partial charge in [0.05, 0.1) is 12.6 Å². The smallest absolute Gasteiger partial charge is 0.122 e. The van der Waals surface area contributed by atoms with Crippen LogP contribution in [-0.4, -0.2) is 45.8 Å². The maximum atomic E-state index is 6.10. The van der Waals surface area contributed by atoms with Crippen molar-refractivity contribution in [3.8, 4) is 0 Å². The Hall–Kier alpha value is -0.910. The molecule has 100 valence electrons. The maximum absolute atomic E-state index is 6.10. The predicted molar refractivity (Wildman–Crippen MR) is 69.1 cm³/mol. The highest BCUT2D eigenvalue weighted by Crippen LogP contribution is 2.32. The first kappa shape index (κ1) is 12.1. The van der Waals surface area contributed by atoms with E-state index in [0.717, 1.165) is 44.9 Å². The number of imidazole rings is 1. The number of ether oxygens (including phenoxy) is 1. The molecule has 0 amide bonds. The summed E-state index contributed by atoms with van der Waals surface area (Å²) in [5.41, 5.74) is 6.21. The van der Waals surface area contributed by atoms with E-state index in [1.165, 1.54) is 0 Å². The van der Waals surface area contributed by atoms with Crippen LogP contribution in [0.3, 0.4) is 0 Å². The fourth-order valence-electron chi connectivity index (χ4n) is 3.33. The molecule has 2 aliphatic rings. The number of nitrogens with two attached hydrogens (primary N) is 1. The van der Waals surface area contributed by atoms with Crippen molar-refractivity contribution in [2.24, 2.45) is 5.73 Å². The Labute approximate surface area is 108 Å². The molecular weight excluding hydrogens is 228 g/mol. The molecular formula is C13H22N4O. The van der Waals surface area contributed by atoms with Crippen molar-refractivity contribution in [2.45, 2.75) is 44.5 Å². The minimum absolute atomic E-state index is 0.106. The summed E-state index contributed by atoms with van der Waals surface area (Å²) in [7, 11) is 0. The lowest BCUT2D eigenvalue weighted by Crippen LogP contribution is -2.59. The van der Waals surface area contributed by atoms with Crippen molar-refractivity contribution in [3.05, 3.63) is 18.2 Å². The quantitative estimate of drug-likeness (QED) is 0.835. The molecule has 0 saturated carbocycles. The summed E-state index contributed by atoms with van der Waals surface area (Å²) in [4.78, 5) is 6.96. The van der Waals surface area contributed by atoms with E-state index in [1.54, 1.807) is 0 Å². The SMILES string of the molecule is CC1CC(CN)(N2CCn3ccnc3C2)CCO1. The topological polar surface area (TPSA) is 56.3 Å². The first-order valence-corrected chi connectivity index (χ1v) is 6.80. The number of nitrogens with zero attached hydrogens (tertiary/aromatic N) is 3. The van der Waals surface area contributed by atoms with Crippen molar-refractivity contribution >= 4 is 0 Å². The Bertz CT molecular complexity index is 419. The molecule has 2 aliphatic heterocycles. The second kappa shape index (κ2) is 4.64. The standard InChI is InChI=1S/C13H22N4O/c1-11-8-13(10-14,2-7-18-11)17-6-5-16-4-3-15-12(16)9-17/h3-4,11H,2,5-10,14H2,1H3. The third-order valence-electron chi connectivity index (χ3n) is 4.43. The zero-order chi connectivity index (χ0) is 12.6. The van der Waals surface area contributed by atoms with Crippen LogP contribution in [0.1, 0.15) is 25.6 Å². The molecule has 5 nitrogen and oxygen atoms in total. The highest BCUT2D eigenvalue weighted by Gasteiger charge is 2.41. The molecule has 1 fully saturated rings. The van der Waals surface area contributed by atoms with Crippen molar-refractivity contribution in [1.82, 2.24) is 14.5 Å². The average molecular weight is 250 g/mol. The second-order valence-corrected chi connectivity index (χ2v) is 5.52. The molecule has 0 radical (unpaired) electrons. The van der Waals surface area contributed by atoms with Gasteiger partial charge in [0, 0.05) is 44.2 Å². The van der Waals surface area contributed by atoms with E-state index in [4.69, 9.17) is 10.5 Å². The lowest BCUT2D eigenvalue weighted by molar-refractivity contribution is -0.0720. The summed E-state index contributed by atoms with van der Waals surface area (Å²) in [6, 6.07) is 0. The molecule has 18 heavy (non-hydrogen) atoms. The van der Waals surface area contributed by atoms with Gasteiger partial charge in [-0.2, -0.15) is 0 Å². The van der Waals surface area contributed by atoms with Gasteiger partial charge in [0.25, 0.3) is 0 Å². The predicted octanol–water partition coefficient (Wildman–Crippen LogP) is 0.595. The van der Waals surface area contributed by atoms with Crippen LogP contribution in [0.4, 0.5) is 0 Å². The number of hydrogen-bond donors (Lipinski definition) is 1. The van der Waals surface area contributed by atoms with Crippen LogP contribution in [0, 0.1) is 0 Å². The molecule has 0 spiro atoms. The first-order chi connectivity index (χ1) is 8.73. The lowest BCUT2D eigenvalue weighted by atomic mass is 9.84.